The van der Waals surface area contributed by atoms with Gasteiger partial charge in [0.2, 0.25) is 5.79 Å². The van der Waals surface area contributed by atoms with Gasteiger partial charge in [-0.1, -0.05) is 15.9 Å². The van der Waals surface area contributed by atoms with E-state index in [4.69, 9.17) is 9.47 Å². The fraction of sp³-hybridized carbons (Fsp3) is 0.455. The highest BCUT2D eigenvalue weighted by molar-refractivity contribution is 9.10. The van der Waals surface area contributed by atoms with E-state index in [1.807, 2.05) is 26.8 Å². The number of fused-ring (bicyclic) bond motifs is 1. The molecule has 14 heavy (non-hydrogen) atoms. The lowest BCUT2D eigenvalue weighted by atomic mass is 10.1. The third-order valence-electron chi connectivity index (χ3n) is 2.24. The molecule has 0 N–H and O–H groups in total. The number of ether oxygens (including phenoxy) is 2. The van der Waals surface area contributed by atoms with Crippen molar-refractivity contribution in [1.29, 1.82) is 0 Å². The molecule has 0 radical (unpaired) electrons. The summed E-state index contributed by atoms with van der Waals surface area (Å²) in [6.07, 6.45) is 0. The van der Waals surface area contributed by atoms with Gasteiger partial charge in [-0.25, -0.2) is 0 Å². The molecule has 1 aliphatic rings. The minimum atomic E-state index is -0.508. The van der Waals surface area contributed by atoms with Crippen molar-refractivity contribution in [1.82, 2.24) is 0 Å². The predicted molar refractivity (Wildman–Crippen MR) is 58.4 cm³/mol. The summed E-state index contributed by atoms with van der Waals surface area (Å²) in [6, 6.07) is 4.10. The first kappa shape index (κ1) is 9.99. The van der Waals surface area contributed by atoms with Crippen LogP contribution in [0.5, 0.6) is 5.75 Å². The van der Waals surface area contributed by atoms with E-state index >= 15 is 0 Å². The summed E-state index contributed by atoms with van der Waals surface area (Å²) in [7, 11) is 0. The molecule has 1 aromatic rings. The van der Waals surface area contributed by atoms with Gasteiger partial charge in [0.05, 0.1) is 6.61 Å². The van der Waals surface area contributed by atoms with Crippen molar-refractivity contribution < 1.29 is 9.47 Å². The molecule has 0 unspecified atom stereocenters. The smallest absolute Gasteiger partial charge is 0.205 e. The largest absolute Gasteiger partial charge is 0.462 e. The standard InChI is InChI=1S/C11H13BrO2/c1-7-4-9(12)5-8-6-13-11(2,3)14-10(7)8/h4-5H,6H2,1-3H3. The summed E-state index contributed by atoms with van der Waals surface area (Å²) in [5, 5.41) is 0. The van der Waals surface area contributed by atoms with Crippen LogP contribution in [0, 0.1) is 6.92 Å². The Morgan fingerprint density at radius 3 is 2.79 bits per heavy atom. The Hall–Kier alpha value is -0.540. The molecule has 76 valence electrons. The second-order valence-corrected chi connectivity index (χ2v) is 4.92. The highest BCUT2D eigenvalue weighted by atomic mass is 79.9. The average Bonchev–Trinajstić information content (AvgIpc) is 2.06. The van der Waals surface area contributed by atoms with E-state index in [0.29, 0.717) is 6.61 Å². The van der Waals surface area contributed by atoms with Crippen molar-refractivity contribution in [3.63, 3.8) is 0 Å². The van der Waals surface area contributed by atoms with Gasteiger partial charge in [0.1, 0.15) is 5.75 Å². The van der Waals surface area contributed by atoms with Crippen LogP contribution in [-0.4, -0.2) is 5.79 Å². The van der Waals surface area contributed by atoms with Crippen molar-refractivity contribution >= 4 is 15.9 Å². The highest BCUT2D eigenvalue weighted by Crippen LogP contribution is 2.35. The summed E-state index contributed by atoms with van der Waals surface area (Å²) >= 11 is 3.46. The predicted octanol–water partition coefficient (Wildman–Crippen LogP) is 3.40. The van der Waals surface area contributed by atoms with Gasteiger partial charge >= 0.3 is 0 Å². The molecule has 2 rings (SSSR count). The van der Waals surface area contributed by atoms with Crippen LogP contribution in [-0.2, 0) is 11.3 Å². The molecule has 0 fully saturated rings. The maximum Gasteiger partial charge on any atom is 0.205 e. The van der Waals surface area contributed by atoms with E-state index in [1.54, 1.807) is 0 Å². The Morgan fingerprint density at radius 2 is 2.07 bits per heavy atom. The van der Waals surface area contributed by atoms with Gasteiger partial charge in [-0.05, 0) is 24.6 Å². The van der Waals surface area contributed by atoms with Crippen LogP contribution in [0.1, 0.15) is 25.0 Å². The van der Waals surface area contributed by atoms with E-state index in [1.165, 1.54) is 0 Å². The highest BCUT2D eigenvalue weighted by Gasteiger charge is 2.28. The summed E-state index contributed by atoms with van der Waals surface area (Å²) < 4.78 is 12.4. The van der Waals surface area contributed by atoms with E-state index in [0.717, 1.165) is 21.3 Å². The molecule has 0 aliphatic carbocycles. The first-order chi connectivity index (χ1) is 6.48. The topological polar surface area (TPSA) is 18.5 Å². The summed E-state index contributed by atoms with van der Waals surface area (Å²) in [5.74, 6) is 0.454. The minimum Gasteiger partial charge on any atom is -0.462 e. The Kier molecular flexibility index (Phi) is 2.32. The van der Waals surface area contributed by atoms with Crippen LogP contribution in [0.4, 0.5) is 0 Å². The maximum absolute atomic E-state index is 5.76. The molecular formula is C11H13BrO2. The van der Waals surface area contributed by atoms with Crippen molar-refractivity contribution in [2.45, 2.75) is 33.2 Å². The van der Waals surface area contributed by atoms with Crippen LogP contribution < -0.4 is 4.74 Å². The van der Waals surface area contributed by atoms with Crippen molar-refractivity contribution in [3.05, 3.63) is 27.7 Å². The monoisotopic (exact) mass is 256 g/mol. The molecule has 0 saturated carbocycles. The summed E-state index contributed by atoms with van der Waals surface area (Å²) in [4.78, 5) is 0. The van der Waals surface area contributed by atoms with Gasteiger partial charge in [-0.3, -0.25) is 0 Å². The summed E-state index contributed by atoms with van der Waals surface area (Å²) in [6.45, 7) is 6.52. The van der Waals surface area contributed by atoms with Gasteiger partial charge in [-0.15, -0.1) is 0 Å². The van der Waals surface area contributed by atoms with E-state index in [2.05, 4.69) is 22.0 Å². The van der Waals surface area contributed by atoms with Gasteiger partial charge in [0, 0.05) is 23.9 Å². The lowest BCUT2D eigenvalue weighted by Crippen LogP contribution is -2.35. The van der Waals surface area contributed by atoms with Gasteiger partial charge in [0.25, 0.3) is 0 Å². The minimum absolute atomic E-state index is 0.508. The zero-order chi connectivity index (χ0) is 10.3. The third-order valence-corrected chi connectivity index (χ3v) is 2.70. The number of benzene rings is 1. The lowest BCUT2D eigenvalue weighted by molar-refractivity contribution is -0.180. The van der Waals surface area contributed by atoms with Gasteiger partial charge in [-0.2, -0.15) is 0 Å². The van der Waals surface area contributed by atoms with Crippen LogP contribution in [0.25, 0.3) is 0 Å². The Labute approximate surface area is 92.3 Å². The molecule has 0 aromatic heterocycles. The van der Waals surface area contributed by atoms with E-state index in [-0.39, 0.29) is 0 Å². The molecule has 0 bridgehead atoms. The quantitative estimate of drug-likeness (QED) is 0.709. The zero-order valence-corrected chi connectivity index (χ0v) is 10.1. The molecule has 1 heterocycles. The summed E-state index contributed by atoms with van der Waals surface area (Å²) in [5.41, 5.74) is 2.25. The van der Waals surface area contributed by atoms with E-state index < -0.39 is 5.79 Å². The number of hydrogen-bond acceptors (Lipinski definition) is 2. The second kappa shape index (κ2) is 3.24. The fourth-order valence-corrected chi connectivity index (χ4v) is 2.20. The fourth-order valence-electron chi connectivity index (χ4n) is 1.58. The van der Waals surface area contributed by atoms with Crippen LogP contribution >= 0.6 is 15.9 Å². The van der Waals surface area contributed by atoms with Gasteiger partial charge in [0.15, 0.2) is 0 Å². The maximum atomic E-state index is 5.76. The normalized spacial score (nSPS) is 18.6. The molecule has 0 amide bonds. The molecule has 0 spiro atoms. The molecule has 0 saturated heterocycles. The van der Waals surface area contributed by atoms with Crippen molar-refractivity contribution in [2.75, 3.05) is 0 Å². The molecular weight excluding hydrogens is 244 g/mol. The van der Waals surface area contributed by atoms with Crippen LogP contribution in [0.15, 0.2) is 16.6 Å². The number of halogens is 1. The van der Waals surface area contributed by atoms with Crippen molar-refractivity contribution in [2.24, 2.45) is 0 Å². The van der Waals surface area contributed by atoms with Gasteiger partial charge < -0.3 is 9.47 Å². The first-order valence-electron chi connectivity index (χ1n) is 4.60. The Balaban J connectivity index is 2.47. The molecule has 0 atom stereocenters. The molecule has 3 heteroatoms. The molecule has 1 aromatic carbocycles. The number of rotatable bonds is 0. The SMILES string of the molecule is Cc1cc(Br)cc2c1OC(C)(C)OC2. The van der Waals surface area contributed by atoms with Crippen molar-refractivity contribution in [3.8, 4) is 5.75 Å². The molecule has 1 aliphatic heterocycles. The zero-order valence-electron chi connectivity index (χ0n) is 8.56. The van der Waals surface area contributed by atoms with E-state index in [9.17, 15) is 0 Å². The Morgan fingerprint density at radius 1 is 1.36 bits per heavy atom. The first-order valence-corrected chi connectivity index (χ1v) is 5.39. The average molecular weight is 257 g/mol. The second-order valence-electron chi connectivity index (χ2n) is 4.00. The number of hydrogen-bond donors (Lipinski definition) is 0. The molecule has 2 nitrogen and oxygen atoms in total. The Bertz CT molecular complexity index is 372. The van der Waals surface area contributed by atoms with Crippen LogP contribution in [0.3, 0.4) is 0 Å². The number of aryl methyl sites for hydroxylation is 1. The third kappa shape index (κ3) is 1.79. The van der Waals surface area contributed by atoms with Crippen LogP contribution in [0.2, 0.25) is 0 Å². The lowest BCUT2D eigenvalue weighted by Gasteiger charge is -2.33.